The van der Waals surface area contributed by atoms with Crippen LogP contribution in [0.3, 0.4) is 0 Å². The molecule has 0 spiro atoms. The minimum absolute atomic E-state index is 0.0861. The van der Waals surface area contributed by atoms with Gasteiger partial charge in [0, 0.05) is 16.1 Å². The number of carbonyl (C=O) groups excluding carboxylic acids is 1. The van der Waals surface area contributed by atoms with Gasteiger partial charge in [-0.05, 0) is 50.5 Å². The summed E-state index contributed by atoms with van der Waals surface area (Å²) in [5, 5.41) is 3.46. The molecule has 0 fully saturated rings. The molecule has 5 nitrogen and oxygen atoms in total. The smallest absolute Gasteiger partial charge is 0.263 e. The van der Waals surface area contributed by atoms with Crippen LogP contribution in [-0.2, 0) is 11.3 Å². The molecule has 2 aromatic carbocycles. The van der Waals surface area contributed by atoms with Crippen LogP contribution in [0.15, 0.2) is 53.6 Å². The van der Waals surface area contributed by atoms with Crippen molar-refractivity contribution in [2.75, 3.05) is 5.32 Å². The second kappa shape index (κ2) is 7.88. The van der Waals surface area contributed by atoms with E-state index in [0.29, 0.717) is 10.2 Å². The predicted octanol–water partition coefficient (Wildman–Crippen LogP) is 5.00. The summed E-state index contributed by atoms with van der Waals surface area (Å²) in [6.45, 7) is 7.94. The van der Waals surface area contributed by atoms with Gasteiger partial charge in [-0.3, -0.25) is 14.2 Å². The third kappa shape index (κ3) is 3.66. The molecule has 0 radical (unpaired) electrons. The number of nitrogens with one attached hydrogen (secondary N) is 1. The number of carbonyl (C=O) groups is 1. The first-order chi connectivity index (χ1) is 14.3. The van der Waals surface area contributed by atoms with E-state index in [1.165, 1.54) is 22.2 Å². The van der Waals surface area contributed by atoms with Crippen molar-refractivity contribution in [1.82, 2.24) is 9.55 Å². The van der Waals surface area contributed by atoms with Gasteiger partial charge in [0.2, 0.25) is 5.91 Å². The average molecular weight is 418 g/mol. The third-order valence-electron chi connectivity index (χ3n) is 5.25. The van der Waals surface area contributed by atoms with Gasteiger partial charge in [0.1, 0.15) is 11.4 Å². The molecule has 0 aliphatic rings. The topological polar surface area (TPSA) is 64.0 Å². The molecule has 2 heterocycles. The number of para-hydroxylation sites is 1. The van der Waals surface area contributed by atoms with Crippen molar-refractivity contribution in [2.45, 2.75) is 34.2 Å². The Kier molecular flexibility index (Phi) is 5.26. The Morgan fingerprint density at radius 3 is 2.60 bits per heavy atom. The summed E-state index contributed by atoms with van der Waals surface area (Å²) >= 11 is 1.51. The molecule has 30 heavy (non-hydrogen) atoms. The van der Waals surface area contributed by atoms with Gasteiger partial charge in [-0.15, -0.1) is 11.3 Å². The van der Waals surface area contributed by atoms with Gasteiger partial charge in [-0.25, -0.2) is 4.98 Å². The standard InChI is InChI=1S/C24H23N3O2S/c1-14-9-10-15(2)18(11-14)21-17(4)30-23-22(21)24(29)27(13-25-23)12-20(28)26-19-8-6-5-7-16(19)3/h5-11,13H,12H2,1-4H3,(H,26,28). The SMILES string of the molecule is Cc1ccc(C)c(-c2c(C)sc3ncn(CC(=O)Nc4ccccc4C)c(=O)c23)c1. The van der Waals surface area contributed by atoms with Crippen LogP contribution in [-0.4, -0.2) is 15.5 Å². The van der Waals surface area contributed by atoms with Crippen molar-refractivity contribution >= 4 is 33.1 Å². The van der Waals surface area contributed by atoms with E-state index in [2.05, 4.69) is 28.5 Å². The number of anilines is 1. The molecule has 6 heteroatoms. The Morgan fingerprint density at radius 2 is 1.83 bits per heavy atom. The van der Waals surface area contributed by atoms with Crippen LogP contribution < -0.4 is 10.9 Å². The fourth-order valence-electron chi connectivity index (χ4n) is 3.64. The lowest BCUT2D eigenvalue weighted by Gasteiger charge is -2.10. The van der Waals surface area contributed by atoms with Crippen LogP contribution in [0.5, 0.6) is 0 Å². The van der Waals surface area contributed by atoms with Gasteiger partial charge in [-0.1, -0.05) is 42.0 Å². The van der Waals surface area contributed by atoms with Crippen molar-refractivity contribution in [2.24, 2.45) is 0 Å². The number of aromatic nitrogens is 2. The quantitative estimate of drug-likeness (QED) is 0.508. The Hall–Kier alpha value is -3.25. The molecule has 4 rings (SSSR count). The average Bonchev–Trinajstić information content (AvgIpc) is 3.04. The number of hydrogen-bond acceptors (Lipinski definition) is 4. The highest BCUT2D eigenvalue weighted by atomic mass is 32.1. The zero-order valence-electron chi connectivity index (χ0n) is 17.4. The minimum Gasteiger partial charge on any atom is -0.324 e. The lowest BCUT2D eigenvalue weighted by Crippen LogP contribution is -2.28. The molecule has 0 aliphatic heterocycles. The normalized spacial score (nSPS) is 11.1. The molecule has 152 valence electrons. The maximum Gasteiger partial charge on any atom is 0.263 e. The second-order valence-corrected chi connectivity index (χ2v) is 8.78. The lowest BCUT2D eigenvalue weighted by atomic mass is 9.97. The summed E-state index contributed by atoms with van der Waals surface area (Å²) in [5.41, 5.74) is 5.72. The maximum atomic E-state index is 13.3. The first-order valence-electron chi connectivity index (χ1n) is 9.77. The van der Waals surface area contributed by atoms with Gasteiger partial charge in [0.15, 0.2) is 0 Å². The summed E-state index contributed by atoms with van der Waals surface area (Å²) in [5.74, 6) is -0.257. The Balaban J connectivity index is 1.76. The van der Waals surface area contributed by atoms with E-state index in [9.17, 15) is 9.59 Å². The highest BCUT2D eigenvalue weighted by Crippen LogP contribution is 2.37. The predicted molar refractivity (Wildman–Crippen MR) is 123 cm³/mol. The molecule has 0 bridgehead atoms. The summed E-state index contributed by atoms with van der Waals surface area (Å²) in [4.78, 5) is 32.1. The van der Waals surface area contributed by atoms with Gasteiger partial charge in [0.05, 0.1) is 11.7 Å². The van der Waals surface area contributed by atoms with Crippen molar-refractivity contribution < 1.29 is 4.79 Å². The van der Waals surface area contributed by atoms with Crippen molar-refractivity contribution in [3.63, 3.8) is 0 Å². The second-order valence-electron chi connectivity index (χ2n) is 7.57. The van der Waals surface area contributed by atoms with E-state index < -0.39 is 0 Å². The number of nitrogens with zero attached hydrogens (tertiary/aromatic N) is 2. The van der Waals surface area contributed by atoms with Gasteiger partial charge >= 0.3 is 0 Å². The van der Waals surface area contributed by atoms with Crippen LogP contribution >= 0.6 is 11.3 Å². The minimum atomic E-state index is -0.257. The molecule has 0 unspecified atom stereocenters. The molecule has 0 atom stereocenters. The van der Waals surface area contributed by atoms with E-state index in [-0.39, 0.29) is 18.0 Å². The molecular weight excluding hydrogens is 394 g/mol. The van der Waals surface area contributed by atoms with Gasteiger partial charge in [0.25, 0.3) is 5.56 Å². The Labute approximate surface area is 179 Å². The fraction of sp³-hybridized carbons (Fsp3) is 0.208. The molecule has 1 N–H and O–H groups in total. The largest absolute Gasteiger partial charge is 0.324 e. The highest BCUT2D eigenvalue weighted by Gasteiger charge is 2.19. The number of benzene rings is 2. The Morgan fingerprint density at radius 1 is 1.07 bits per heavy atom. The lowest BCUT2D eigenvalue weighted by molar-refractivity contribution is -0.116. The number of aryl methyl sites for hydroxylation is 4. The number of fused-ring (bicyclic) bond motifs is 1. The van der Waals surface area contributed by atoms with Crippen LogP contribution in [0.1, 0.15) is 21.6 Å². The van der Waals surface area contributed by atoms with Crippen molar-refractivity contribution in [3.05, 3.63) is 80.7 Å². The molecule has 0 saturated carbocycles. The fourth-order valence-corrected chi connectivity index (χ4v) is 4.63. The number of thiophene rings is 1. The first-order valence-corrected chi connectivity index (χ1v) is 10.6. The molecule has 2 aromatic heterocycles. The summed E-state index contributed by atoms with van der Waals surface area (Å²) in [6, 6.07) is 13.8. The van der Waals surface area contributed by atoms with E-state index >= 15 is 0 Å². The van der Waals surface area contributed by atoms with E-state index in [1.807, 2.05) is 52.0 Å². The zero-order valence-corrected chi connectivity index (χ0v) is 18.3. The highest BCUT2D eigenvalue weighted by molar-refractivity contribution is 7.19. The molecule has 0 aliphatic carbocycles. The Bertz CT molecular complexity index is 1330. The van der Waals surface area contributed by atoms with E-state index in [4.69, 9.17) is 0 Å². The molecular formula is C24H23N3O2S. The summed E-state index contributed by atoms with van der Waals surface area (Å²) in [7, 11) is 0. The van der Waals surface area contributed by atoms with Crippen LogP contribution in [0, 0.1) is 27.7 Å². The zero-order chi connectivity index (χ0) is 21.4. The first kappa shape index (κ1) is 20.0. The van der Waals surface area contributed by atoms with E-state index in [1.54, 1.807) is 0 Å². The monoisotopic (exact) mass is 417 g/mol. The maximum absolute atomic E-state index is 13.3. The number of hydrogen-bond donors (Lipinski definition) is 1. The van der Waals surface area contributed by atoms with Crippen LogP contribution in [0.25, 0.3) is 21.3 Å². The van der Waals surface area contributed by atoms with Gasteiger partial charge in [-0.2, -0.15) is 0 Å². The molecule has 1 amide bonds. The third-order valence-corrected chi connectivity index (χ3v) is 6.26. The van der Waals surface area contributed by atoms with Crippen molar-refractivity contribution in [1.29, 1.82) is 0 Å². The van der Waals surface area contributed by atoms with Crippen LogP contribution in [0.4, 0.5) is 5.69 Å². The number of amides is 1. The summed E-state index contributed by atoms with van der Waals surface area (Å²) < 4.78 is 1.39. The molecule has 4 aromatic rings. The summed E-state index contributed by atoms with van der Waals surface area (Å²) in [6.07, 6.45) is 1.46. The van der Waals surface area contributed by atoms with Gasteiger partial charge < -0.3 is 5.32 Å². The van der Waals surface area contributed by atoms with Crippen LogP contribution in [0.2, 0.25) is 0 Å². The van der Waals surface area contributed by atoms with E-state index in [0.717, 1.165) is 38.4 Å². The number of rotatable bonds is 4. The molecule has 0 saturated heterocycles. The van der Waals surface area contributed by atoms with Crippen molar-refractivity contribution in [3.8, 4) is 11.1 Å².